The van der Waals surface area contributed by atoms with E-state index in [1.807, 2.05) is 0 Å². The molecule has 1 N–H and O–H groups in total. The van der Waals surface area contributed by atoms with Crippen LogP contribution in [0, 0.1) is 6.92 Å². The lowest BCUT2D eigenvalue weighted by Crippen LogP contribution is -2.27. The van der Waals surface area contributed by atoms with Gasteiger partial charge >= 0.3 is 0 Å². The van der Waals surface area contributed by atoms with Crippen molar-refractivity contribution in [2.75, 3.05) is 25.1 Å². The third kappa shape index (κ3) is 7.51. The van der Waals surface area contributed by atoms with Gasteiger partial charge in [0.05, 0.1) is 6.54 Å². The van der Waals surface area contributed by atoms with E-state index >= 15 is 0 Å². The first kappa shape index (κ1) is 17.0. The maximum Gasteiger partial charge on any atom is 0.174 e. The second-order valence-corrected chi connectivity index (χ2v) is 5.13. The molecule has 1 rings (SSSR count). The lowest BCUT2D eigenvalue weighted by molar-refractivity contribution is -0.134. The van der Waals surface area contributed by atoms with Gasteiger partial charge in [-0.05, 0) is 31.9 Å². The minimum Gasteiger partial charge on any atom is -0.380 e. The fraction of sp³-hybridized carbons (Fsp3) is 0.647. The van der Waals surface area contributed by atoms with E-state index in [9.17, 15) is 0 Å². The first-order chi connectivity index (χ1) is 9.76. The van der Waals surface area contributed by atoms with Crippen molar-refractivity contribution in [2.24, 2.45) is 0 Å². The Labute approximate surface area is 123 Å². The molecule has 0 aliphatic carbocycles. The van der Waals surface area contributed by atoms with Crippen molar-refractivity contribution in [1.82, 2.24) is 0 Å². The molecule has 0 bridgehead atoms. The van der Waals surface area contributed by atoms with Gasteiger partial charge in [0.2, 0.25) is 0 Å². The molecule has 1 aromatic rings. The monoisotopic (exact) mass is 279 g/mol. The number of anilines is 1. The summed E-state index contributed by atoms with van der Waals surface area (Å²) >= 11 is 0. The molecule has 0 atom stereocenters. The Morgan fingerprint density at radius 1 is 0.950 bits per heavy atom. The molecule has 0 saturated carbocycles. The summed E-state index contributed by atoms with van der Waals surface area (Å²) in [6.45, 7) is 8.65. The summed E-state index contributed by atoms with van der Waals surface area (Å²) in [7, 11) is 0. The molecule has 0 aliphatic rings. The predicted octanol–water partition coefficient (Wildman–Crippen LogP) is 4.37. The highest BCUT2D eigenvalue weighted by Crippen LogP contribution is 2.09. The molecule has 0 unspecified atom stereocenters. The summed E-state index contributed by atoms with van der Waals surface area (Å²) in [5.74, 6) is 0. The molecule has 0 aliphatic heterocycles. The molecule has 114 valence electrons. The summed E-state index contributed by atoms with van der Waals surface area (Å²) in [5.41, 5.74) is 2.38. The molecule has 0 radical (unpaired) electrons. The van der Waals surface area contributed by atoms with Crippen LogP contribution in [0.15, 0.2) is 24.3 Å². The van der Waals surface area contributed by atoms with Gasteiger partial charge in [0.25, 0.3) is 0 Å². The van der Waals surface area contributed by atoms with E-state index in [4.69, 9.17) is 9.47 Å². The maximum absolute atomic E-state index is 5.79. The number of ether oxygens (including phenoxy) is 2. The Bertz CT molecular complexity index is 327. The van der Waals surface area contributed by atoms with Crippen LogP contribution < -0.4 is 5.32 Å². The minimum absolute atomic E-state index is 0.158. The molecule has 1 aromatic carbocycles. The quantitative estimate of drug-likeness (QED) is 0.482. The van der Waals surface area contributed by atoms with Crippen LogP contribution in [0.3, 0.4) is 0 Å². The van der Waals surface area contributed by atoms with Crippen molar-refractivity contribution < 1.29 is 9.47 Å². The zero-order valence-corrected chi connectivity index (χ0v) is 13.2. The van der Waals surface area contributed by atoms with Gasteiger partial charge in [-0.15, -0.1) is 0 Å². The Hall–Kier alpha value is -1.06. The normalized spacial score (nSPS) is 11.0. The average molecular weight is 279 g/mol. The molecule has 3 nitrogen and oxygen atoms in total. The number of aryl methyl sites for hydroxylation is 1. The van der Waals surface area contributed by atoms with Gasteiger partial charge in [-0.3, -0.25) is 0 Å². The molecule has 0 saturated heterocycles. The number of unbranched alkanes of at least 4 members (excludes halogenated alkanes) is 2. The van der Waals surface area contributed by atoms with Gasteiger partial charge in [0.1, 0.15) is 0 Å². The lowest BCUT2D eigenvalue weighted by Gasteiger charge is -2.19. The van der Waals surface area contributed by atoms with Crippen LogP contribution in [0.5, 0.6) is 0 Å². The van der Waals surface area contributed by atoms with Gasteiger partial charge in [-0.25, -0.2) is 0 Å². The maximum atomic E-state index is 5.79. The van der Waals surface area contributed by atoms with E-state index in [1.165, 1.54) is 5.56 Å². The van der Waals surface area contributed by atoms with Crippen molar-refractivity contribution in [3.63, 3.8) is 0 Å². The zero-order chi connectivity index (χ0) is 14.6. The molecule has 3 heteroatoms. The molecular weight excluding hydrogens is 250 g/mol. The molecule has 0 amide bonds. The Kier molecular flexibility index (Phi) is 9.09. The second kappa shape index (κ2) is 10.7. The van der Waals surface area contributed by atoms with Crippen LogP contribution >= 0.6 is 0 Å². The van der Waals surface area contributed by atoms with E-state index in [1.54, 1.807) is 0 Å². The smallest absolute Gasteiger partial charge is 0.174 e. The summed E-state index contributed by atoms with van der Waals surface area (Å²) in [5, 5.41) is 3.38. The topological polar surface area (TPSA) is 30.5 Å². The minimum atomic E-state index is -0.158. The Morgan fingerprint density at radius 2 is 1.50 bits per heavy atom. The highest BCUT2D eigenvalue weighted by Gasteiger charge is 2.08. The van der Waals surface area contributed by atoms with Crippen LogP contribution in [0.1, 0.15) is 45.1 Å². The van der Waals surface area contributed by atoms with Crippen molar-refractivity contribution >= 4 is 5.69 Å². The average Bonchev–Trinajstić information content (AvgIpc) is 2.46. The summed E-state index contributed by atoms with van der Waals surface area (Å²) in [4.78, 5) is 0. The van der Waals surface area contributed by atoms with E-state index in [0.717, 1.165) is 44.6 Å². The van der Waals surface area contributed by atoms with Crippen LogP contribution in [-0.2, 0) is 9.47 Å². The van der Waals surface area contributed by atoms with Gasteiger partial charge in [0.15, 0.2) is 6.29 Å². The highest BCUT2D eigenvalue weighted by atomic mass is 16.7. The Balaban J connectivity index is 2.35. The summed E-state index contributed by atoms with van der Waals surface area (Å²) in [6.07, 6.45) is 4.30. The number of benzene rings is 1. The first-order valence-electron chi connectivity index (χ1n) is 7.80. The standard InChI is InChI=1S/C17H29NO2/c1-4-6-12-19-17(20-13-7-5-2)14-18-16-10-8-15(3)9-11-16/h8-11,17-18H,4-7,12-14H2,1-3H3. The van der Waals surface area contributed by atoms with Crippen molar-refractivity contribution in [1.29, 1.82) is 0 Å². The Morgan fingerprint density at radius 3 is 2.00 bits per heavy atom. The summed E-state index contributed by atoms with van der Waals surface area (Å²) in [6, 6.07) is 8.38. The largest absolute Gasteiger partial charge is 0.380 e. The number of rotatable bonds is 11. The van der Waals surface area contributed by atoms with Crippen LogP contribution in [-0.4, -0.2) is 26.0 Å². The van der Waals surface area contributed by atoms with E-state index < -0.39 is 0 Å². The molecule has 20 heavy (non-hydrogen) atoms. The van der Waals surface area contributed by atoms with Crippen LogP contribution in [0.2, 0.25) is 0 Å². The van der Waals surface area contributed by atoms with Crippen LogP contribution in [0.25, 0.3) is 0 Å². The van der Waals surface area contributed by atoms with Gasteiger partial charge in [-0.1, -0.05) is 44.4 Å². The highest BCUT2D eigenvalue weighted by molar-refractivity contribution is 5.44. The number of nitrogens with one attached hydrogen (secondary N) is 1. The van der Waals surface area contributed by atoms with Gasteiger partial charge in [-0.2, -0.15) is 0 Å². The van der Waals surface area contributed by atoms with Gasteiger partial charge in [0, 0.05) is 18.9 Å². The molecule has 0 heterocycles. The molecule has 0 aromatic heterocycles. The number of hydrogen-bond acceptors (Lipinski definition) is 3. The zero-order valence-electron chi connectivity index (χ0n) is 13.2. The van der Waals surface area contributed by atoms with E-state index in [0.29, 0.717) is 6.54 Å². The fourth-order valence-corrected chi connectivity index (χ4v) is 1.76. The number of hydrogen-bond donors (Lipinski definition) is 1. The van der Waals surface area contributed by atoms with Crippen molar-refractivity contribution in [3.8, 4) is 0 Å². The predicted molar refractivity (Wildman–Crippen MR) is 85.2 cm³/mol. The van der Waals surface area contributed by atoms with E-state index in [-0.39, 0.29) is 6.29 Å². The van der Waals surface area contributed by atoms with Crippen molar-refractivity contribution in [3.05, 3.63) is 29.8 Å². The first-order valence-corrected chi connectivity index (χ1v) is 7.80. The third-order valence-electron chi connectivity index (χ3n) is 3.13. The third-order valence-corrected chi connectivity index (χ3v) is 3.13. The van der Waals surface area contributed by atoms with E-state index in [2.05, 4.69) is 50.4 Å². The van der Waals surface area contributed by atoms with Gasteiger partial charge < -0.3 is 14.8 Å². The van der Waals surface area contributed by atoms with Crippen LogP contribution in [0.4, 0.5) is 5.69 Å². The molecule has 0 spiro atoms. The SMILES string of the molecule is CCCCOC(CNc1ccc(C)cc1)OCCCC. The lowest BCUT2D eigenvalue weighted by atomic mass is 10.2. The van der Waals surface area contributed by atoms with Crippen molar-refractivity contribution in [2.45, 2.75) is 52.7 Å². The fourth-order valence-electron chi connectivity index (χ4n) is 1.76. The second-order valence-electron chi connectivity index (χ2n) is 5.13. The molecular formula is C17H29NO2. The summed E-state index contributed by atoms with van der Waals surface area (Å²) < 4.78 is 11.6. The molecule has 0 fully saturated rings.